The average molecular weight is 334 g/mol. The lowest BCUT2D eigenvalue weighted by molar-refractivity contribution is -0.115. The summed E-state index contributed by atoms with van der Waals surface area (Å²) in [6, 6.07) is 15.3. The normalized spacial score (nSPS) is 17.8. The van der Waals surface area contributed by atoms with E-state index in [0.717, 1.165) is 17.0 Å². The van der Waals surface area contributed by atoms with Gasteiger partial charge in [-0.25, -0.2) is 0 Å². The first-order chi connectivity index (χ1) is 10.7. The largest absolute Gasteiger partial charge is 0.492 e. The van der Waals surface area contributed by atoms with Crippen LogP contribution in [0.5, 0.6) is 5.75 Å². The molecule has 0 N–H and O–H groups in total. The SMILES string of the molecule is CCOc1ccccc1N1C(=O)CSC1c1ccc(Cl)cc1. The first kappa shape index (κ1) is 15.3. The third-order valence-corrected chi connectivity index (χ3v) is 4.91. The monoisotopic (exact) mass is 333 g/mol. The number of ether oxygens (including phenoxy) is 1. The molecule has 114 valence electrons. The van der Waals surface area contributed by atoms with Gasteiger partial charge in [-0.15, -0.1) is 11.8 Å². The molecule has 1 saturated heterocycles. The molecule has 1 heterocycles. The Hall–Kier alpha value is -1.65. The second kappa shape index (κ2) is 6.63. The van der Waals surface area contributed by atoms with Gasteiger partial charge in [0.1, 0.15) is 11.1 Å². The Morgan fingerprint density at radius 1 is 1.23 bits per heavy atom. The van der Waals surface area contributed by atoms with Gasteiger partial charge >= 0.3 is 0 Å². The molecule has 1 fully saturated rings. The Bertz CT molecular complexity index is 675. The lowest BCUT2D eigenvalue weighted by Gasteiger charge is -2.26. The van der Waals surface area contributed by atoms with Crippen molar-refractivity contribution in [1.82, 2.24) is 0 Å². The zero-order valence-corrected chi connectivity index (χ0v) is 13.7. The number of hydrogen-bond donors (Lipinski definition) is 0. The Balaban J connectivity index is 1.99. The van der Waals surface area contributed by atoms with E-state index in [1.165, 1.54) is 0 Å². The van der Waals surface area contributed by atoms with Crippen molar-refractivity contribution < 1.29 is 9.53 Å². The van der Waals surface area contributed by atoms with Crippen LogP contribution in [0.1, 0.15) is 17.9 Å². The minimum atomic E-state index is -0.0497. The number of carbonyl (C=O) groups is 1. The number of carbonyl (C=O) groups excluding carboxylic acids is 1. The van der Waals surface area contributed by atoms with Crippen molar-refractivity contribution in [3.8, 4) is 5.75 Å². The number of benzene rings is 2. The fourth-order valence-corrected chi connectivity index (χ4v) is 3.79. The molecule has 0 spiro atoms. The van der Waals surface area contributed by atoms with Crippen LogP contribution in [0.4, 0.5) is 5.69 Å². The van der Waals surface area contributed by atoms with Gasteiger partial charge in [-0.3, -0.25) is 9.69 Å². The Labute approximate surface area is 139 Å². The molecule has 1 unspecified atom stereocenters. The van der Waals surface area contributed by atoms with Crippen molar-refractivity contribution in [3.05, 3.63) is 59.1 Å². The molecule has 0 aliphatic carbocycles. The molecular weight excluding hydrogens is 318 g/mol. The van der Waals surface area contributed by atoms with E-state index in [2.05, 4.69) is 0 Å². The van der Waals surface area contributed by atoms with E-state index < -0.39 is 0 Å². The van der Waals surface area contributed by atoms with Gasteiger partial charge in [0.25, 0.3) is 0 Å². The van der Waals surface area contributed by atoms with Crippen LogP contribution in [0.15, 0.2) is 48.5 Å². The van der Waals surface area contributed by atoms with E-state index in [9.17, 15) is 4.79 Å². The van der Waals surface area contributed by atoms with E-state index in [0.29, 0.717) is 17.4 Å². The third-order valence-electron chi connectivity index (χ3n) is 3.45. The van der Waals surface area contributed by atoms with Gasteiger partial charge in [-0.1, -0.05) is 35.9 Å². The van der Waals surface area contributed by atoms with Crippen LogP contribution in [0.2, 0.25) is 5.02 Å². The summed E-state index contributed by atoms with van der Waals surface area (Å²) < 4.78 is 5.68. The Morgan fingerprint density at radius 3 is 2.68 bits per heavy atom. The number of amides is 1. The highest BCUT2D eigenvalue weighted by Crippen LogP contribution is 2.44. The zero-order chi connectivity index (χ0) is 15.5. The van der Waals surface area contributed by atoms with Crippen LogP contribution in [0.3, 0.4) is 0 Å². The highest BCUT2D eigenvalue weighted by molar-refractivity contribution is 8.00. The van der Waals surface area contributed by atoms with Crippen LogP contribution < -0.4 is 9.64 Å². The molecule has 2 aromatic carbocycles. The fourth-order valence-electron chi connectivity index (χ4n) is 2.49. The second-order valence-electron chi connectivity index (χ2n) is 4.88. The molecule has 0 aromatic heterocycles. The summed E-state index contributed by atoms with van der Waals surface area (Å²) in [6.07, 6.45) is 0. The van der Waals surface area contributed by atoms with Crippen LogP contribution in [-0.2, 0) is 4.79 Å². The van der Waals surface area contributed by atoms with E-state index in [1.807, 2.05) is 60.4 Å². The van der Waals surface area contributed by atoms with Gasteiger partial charge in [0.05, 0.1) is 18.0 Å². The molecule has 1 atom stereocenters. The number of anilines is 1. The minimum absolute atomic E-state index is 0.0497. The van der Waals surface area contributed by atoms with Crippen molar-refractivity contribution in [2.45, 2.75) is 12.3 Å². The second-order valence-corrected chi connectivity index (χ2v) is 6.38. The summed E-state index contributed by atoms with van der Waals surface area (Å²) >= 11 is 7.58. The molecule has 1 amide bonds. The maximum Gasteiger partial charge on any atom is 0.238 e. The number of hydrogen-bond acceptors (Lipinski definition) is 3. The van der Waals surface area contributed by atoms with Crippen LogP contribution in [-0.4, -0.2) is 18.3 Å². The Morgan fingerprint density at radius 2 is 1.95 bits per heavy atom. The number of thioether (sulfide) groups is 1. The molecule has 0 saturated carbocycles. The summed E-state index contributed by atoms with van der Waals surface area (Å²) in [7, 11) is 0. The lowest BCUT2D eigenvalue weighted by Crippen LogP contribution is -2.28. The highest BCUT2D eigenvalue weighted by Gasteiger charge is 2.35. The van der Waals surface area contributed by atoms with Crippen LogP contribution >= 0.6 is 23.4 Å². The van der Waals surface area contributed by atoms with E-state index in [-0.39, 0.29) is 11.3 Å². The third kappa shape index (κ3) is 2.94. The summed E-state index contributed by atoms with van der Waals surface area (Å²) in [5, 5.41) is 0.644. The van der Waals surface area contributed by atoms with E-state index >= 15 is 0 Å². The van der Waals surface area contributed by atoms with E-state index in [1.54, 1.807) is 11.8 Å². The smallest absolute Gasteiger partial charge is 0.238 e. The predicted molar refractivity (Wildman–Crippen MR) is 91.7 cm³/mol. The molecule has 3 nitrogen and oxygen atoms in total. The predicted octanol–water partition coefficient (Wildman–Crippen LogP) is 4.52. The van der Waals surface area contributed by atoms with Crippen molar-refractivity contribution in [2.75, 3.05) is 17.3 Å². The molecule has 0 bridgehead atoms. The van der Waals surface area contributed by atoms with E-state index in [4.69, 9.17) is 16.3 Å². The van der Waals surface area contributed by atoms with Crippen LogP contribution in [0.25, 0.3) is 0 Å². The summed E-state index contributed by atoms with van der Waals surface area (Å²) in [4.78, 5) is 14.2. The van der Waals surface area contributed by atoms with Crippen molar-refractivity contribution in [1.29, 1.82) is 0 Å². The van der Waals surface area contributed by atoms with Crippen molar-refractivity contribution in [3.63, 3.8) is 0 Å². The van der Waals surface area contributed by atoms with Crippen molar-refractivity contribution >= 4 is 35.0 Å². The molecule has 0 radical (unpaired) electrons. The quantitative estimate of drug-likeness (QED) is 0.824. The maximum absolute atomic E-state index is 12.4. The van der Waals surface area contributed by atoms with Gasteiger partial charge in [0, 0.05) is 5.02 Å². The number of halogens is 1. The fraction of sp³-hybridized carbons (Fsp3) is 0.235. The first-order valence-corrected chi connectivity index (χ1v) is 8.54. The molecule has 22 heavy (non-hydrogen) atoms. The summed E-state index contributed by atoms with van der Waals surface area (Å²) in [5.74, 6) is 1.30. The van der Waals surface area contributed by atoms with Crippen molar-refractivity contribution in [2.24, 2.45) is 0 Å². The minimum Gasteiger partial charge on any atom is -0.492 e. The van der Waals surface area contributed by atoms with Gasteiger partial charge in [0.2, 0.25) is 5.91 Å². The van der Waals surface area contributed by atoms with Gasteiger partial charge in [-0.05, 0) is 36.8 Å². The average Bonchev–Trinajstić information content (AvgIpc) is 2.91. The molecule has 1 aliphatic rings. The molecule has 5 heteroatoms. The highest BCUT2D eigenvalue weighted by atomic mass is 35.5. The molecule has 1 aliphatic heterocycles. The first-order valence-electron chi connectivity index (χ1n) is 7.11. The Kier molecular flexibility index (Phi) is 4.60. The van der Waals surface area contributed by atoms with Crippen LogP contribution in [0, 0.1) is 0 Å². The maximum atomic E-state index is 12.4. The molecule has 3 rings (SSSR count). The summed E-state index contributed by atoms with van der Waals surface area (Å²) in [5.41, 5.74) is 1.88. The summed E-state index contributed by atoms with van der Waals surface area (Å²) in [6.45, 7) is 2.51. The van der Waals surface area contributed by atoms with Gasteiger partial charge in [0.15, 0.2) is 0 Å². The standard InChI is InChI=1S/C17H16ClNO2S/c1-2-21-15-6-4-3-5-14(15)19-16(20)11-22-17(19)12-7-9-13(18)10-8-12/h3-10,17H,2,11H2,1H3. The molecular formula is C17H16ClNO2S. The number of nitrogens with zero attached hydrogens (tertiary/aromatic N) is 1. The topological polar surface area (TPSA) is 29.5 Å². The number of para-hydroxylation sites is 2. The molecule has 2 aromatic rings. The lowest BCUT2D eigenvalue weighted by atomic mass is 10.2. The van der Waals surface area contributed by atoms with Gasteiger partial charge in [-0.2, -0.15) is 0 Å². The number of rotatable bonds is 4. The zero-order valence-electron chi connectivity index (χ0n) is 12.2. The van der Waals surface area contributed by atoms with Gasteiger partial charge < -0.3 is 4.74 Å².